The summed E-state index contributed by atoms with van der Waals surface area (Å²) in [5, 5.41) is 7.34. The topological polar surface area (TPSA) is 48.9 Å². The molecule has 0 radical (unpaired) electrons. The highest BCUT2D eigenvalue weighted by Gasteiger charge is 2.65. The second kappa shape index (κ2) is 8.27. The van der Waals surface area contributed by atoms with Crippen LogP contribution < -0.4 is 10.6 Å². The largest absolute Gasteiger partial charge is 0.377 e. The summed E-state index contributed by atoms with van der Waals surface area (Å²) < 4.78 is 6.12. The summed E-state index contributed by atoms with van der Waals surface area (Å²) in [6.07, 6.45) is 9.70. The number of nitrogens with one attached hydrogen (secondary N) is 2. The van der Waals surface area contributed by atoms with Crippen molar-refractivity contribution >= 4 is 5.96 Å². The normalized spacial score (nSPS) is 31.1. The highest BCUT2D eigenvalue weighted by Crippen LogP contribution is 2.60. The van der Waals surface area contributed by atoms with Crippen LogP contribution in [0.4, 0.5) is 0 Å². The third-order valence-corrected chi connectivity index (χ3v) is 7.89. The zero-order valence-corrected chi connectivity index (χ0v) is 17.8. The molecule has 3 atom stereocenters. The van der Waals surface area contributed by atoms with Gasteiger partial charge in [0.15, 0.2) is 5.96 Å². The lowest BCUT2D eigenvalue weighted by molar-refractivity contribution is -0.125. The smallest absolute Gasteiger partial charge is 0.191 e. The molecule has 5 heteroatoms. The van der Waals surface area contributed by atoms with Crippen molar-refractivity contribution in [2.45, 2.75) is 70.2 Å². The van der Waals surface area contributed by atoms with Gasteiger partial charge in [0.25, 0.3) is 0 Å². The molecule has 29 heavy (non-hydrogen) atoms. The summed E-state index contributed by atoms with van der Waals surface area (Å²) in [6.45, 7) is 5.34. The van der Waals surface area contributed by atoms with Gasteiger partial charge in [-0.15, -0.1) is 0 Å². The molecule has 0 aromatic heterocycles. The van der Waals surface area contributed by atoms with Crippen molar-refractivity contribution in [1.82, 2.24) is 15.5 Å². The van der Waals surface area contributed by atoms with Crippen molar-refractivity contribution in [2.75, 3.05) is 26.7 Å². The molecule has 2 heterocycles. The van der Waals surface area contributed by atoms with Gasteiger partial charge in [0.1, 0.15) is 0 Å². The molecule has 1 aromatic carbocycles. The van der Waals surface area contributed by atoms with Gasteiger partial charge in [-0.25, -0.2) is 0 Å². The van der Waals surface area contributed by atoms with Gasteiger partial charge in [-0.3, -0.25) is 9.89 Å². The average Bonchev–Trinajstić information content (AvgIpc) is 3.50. The van der Waals surface area contributed by atoms with Crippen molar-refractivity contribution in [3.8, 4) is 0 Å². The number of ether oxygens (including phenoxy) is 1. The van der Waals surface area contributed by atoms with Crippen molar-refractivity contribution in [1.29, 1.82) is 0 Å². The van der Waals surface area contributed by atoms with Crippen LogP contribution >= 0.6 is 0 Å². The lowest BCUT2D eigenvalue weighted by Gasteiger charge is -2.57. The number of fused-ring (bicyclic) bond motifs is 2. The predicted molar refractivity (Wildman–Crippen MR) is 117 cm³/mol. The Hall–Kier alpha value is -1.59. The summed E-state index contributed by atoms with van der Waals surface area (Å²) >= 11 is 0. The van der Waals surface area contributed by atoms with Crippen molar-refractivity contribution in [3.05, 3.63) is 35.4 Å². The van der Waals surface area contributed by atoms with Gasteiger partial charge in [0.2, 0.25) is 0 Å². The van der Waals surface area contributed by atoms with E-state index in [1.807, 2.05) is 7.05 Å². The number of rotatable bonds is 5. The quantitative estimate of drug-likeness (QED) is 0.592. The third-order valence-electron chi connectivity index (χ3n) is 7.89. The molecule has 1 aromatic rings. The summed E-state index contributed by atoms with van der Waals surface area (Å²) in [6, 6.07) is 9.60. The van der Waals surface area contributed by atoms with Crippen LogP contribution in [-0.2, 0) is 17.8 Å². The zero-order valence-electron chi connectivity index (χ0n) is 17.8. The lowest BCUT2D eigenvalue weighted by atomic mass is 9.54. The Balaban J connectivity index is 1.16. The van der Waals surface area contributed by atoms with E-state index in [4.69, 9.17) is 4.74 Å². The molecule has 158 valence electrons. The minimum Gasteiger partial charge on any atom is -0.377 e. The van der Waals surface area contributed by atoms with Crippen molar-refractivity contribution in [2.24, 2.45) is 16.3 Å². The van der Waals surface area contributed by atoms with Gasteiger partial charge in [0, 0.05) is 44.1 Å². The number of guanidine groups is 1. The monoisotopic (exact) mass is 396 g/mol. The molecule has 2 aliphatic heterocycles. The van der Waals surface area contributed by atoms with Gasteiger partial charge in [-0.05, 0) is 56.3 Å². The molecule has 3 unspecified atom stereocenters. The maximum Gasteiger partial charge on any atom is 0.191 e. The van der Waals surface area contributed by atoms with Crippen LogP contribution in [0.2, 0.25) is 0 Å². The first kappa shape index (κ1) is 19.4. The Morgan fingerprint density at radius 3 is 2.55 bits per heavy atom. The van der Waals surface area contributed by atoms with E-state index in [1.54, 1.807) is 0 Å². The fourth-order valence-electron chi connectivity index (χ4n) is 6.39. The van der Waals surface area contributed by atoms with E-state index in [1.165, 1.54) is 69.2 Å². The van der Waals surface area contributed by atoms with Crippen LogP contribution in [0.25, 0.3) is 0 Å². The van der Waals surface area contributed by atoms with Crippen molar-refractivity contribution in [3.63, 3.8) is 0 Å². The van der Waals surface area contributed by atoms with Crippen molar-refractivity contribution < 1.29 is 4.74 Å². The Kier molecular flexibility index (Phi) is 5.53. The van der Waals surface area contributed by atoms with Gasteiger partial charge in [-0.2, -0.15) is 0 Å². The van der Waals surface area contributed by atoms with Crippen LogP contribution in [0.5, 0.6) is 0 Å². The first-order valence-corrected chi connectivity index (χ1v) is 11.7. The molecule has 2 aliphatic carbocycles. The number of likely N-dealkylation sites (tertiary alicyclic amines) is 1. The van der Waals surface area contributed by atoms with Crippen LogP contribution in [-0.4, -0.2) is 49.7 Å². The van der Waals surface area contributed by atoms with Gasteiger partial charge >= 0.3 is 0 Å². The Bertz CT molecular complexity index is 719. The molecule has 0 amide bonds. The van der Waals surface area contributed by atoms with Crippen LogP contribution in [0, 0.1) is 11.3 Å². The van der Waals surface area contributed by atoms with E-state index in [0.717, 1.165) is 25.7 Å². The van der Waals surface area contributed by atoms with Crippen LogP contribution in [0.3, 0.4) is 0 Å². The van der Waals surface area contributed by atoms with E-state index < -0.39 is 0 Å². The molecule has 0 bridgehead atoms. The number of nitrogens with zero attached hydrogens (tertiary/aromatic N) is 2. The first-order valence-electron chi connectivity index (χ1n) is 11.7. The predicted octanol–water partition coefficient (Wildman–Crippen LogP) is 3.30. The zero-order chi connectivity index (χ0) is 19.7. The van der Waals surface area contributed by atoms with E-state index >= 15 is 0 Å². The fourth-order valence-corrected chi connectivity index (χ4v) is 6.39. The summed E-state index contributed by atoms with van der Waals surface area (Å²) in [7, 11) is 1.89. The van der Waals surface area contributed by atoms with Gasteiger partial charge < -0.3 is 15.4 Å². The Morgan fingerprint density at radius 1 is 1.10 bits per heavy atom. The second-order valence-corrected chi connectivity index (χ2v) is 9.53. The van der Waals surface area contributed by atoms with Crippen LogP contribution in [0.1, 0.15) is 56.1 Å². The SMILES string of the molecule is CN=C(NCc1ccc(CN2CCCC2)cc1)NC1C2CCOC2C12CCCC2. The molecule has 5 rings (SSSR count). The first-order chi connectivity index (χ1) is 14.3. The second-order valence-electron chi connectivity index (χ2n) is 9.53. The van der Waals surface area contributed by atoms with Gasteiger partial charge in [-0.1, -0.05) is 37.1 Å². The maximum atomic E-state index is 6.12. The van der Waals surface area contributed by atoms with E-state index in [-0.39, 0.29) is 0 Å². The molecular weight excluding hydrogens is 360 g/mol. The molecule has 5 nitrogen and oxygen atoms in total. The number of hydrogen-bond acceptors (Lipinski definition) is 3. The molecule has 1 spiro atoms. The third kappa shape index (κ3) is 3.68. The minimum atomic E-state index is 0.357. The Morgan fingerprint density at radius 2 is 1.83 bits per heavy atom. The fraction of sp³-hybridized carbons (Fsp3) is 0.708. The van der Waals surface area contributed by atoms with Gasteiger partial charge in [0.05, 0.1) is 6.10 Å². The average molecular weight is 397 g/mol. The lowest BCUT2D eigenvalue weighted by Crippen LogP contribution is -2.69. The minimum absolute atomic E-state index is 0.357. The summed E-state index contributed by atoms with van der Waals surface area (Å²) in [5.41, 5.74) is 3.09. The summed E-state index contributed by atoms with van der Waals surface area (Å²) in [4.78, 5) is 7.08. The van der Waals surface area contributed by atoms with Crippen LogP contribution in [0.15, 0.2) is 29.3 Å². The number of aliphatic imine (C=N–C) groups is 1. The van der Waals surface area contributed by atoms with E-state index in [9.17, 15) is 0 Å². The molecular formula is C24H36N4O. The molecule has 2 saturated carbocycles. The molecule has 4 aliphatic rings. The standard InChI is InChI=1S/C24H36N4O/c1-25-23(27-21-20-10-15-29-22(20)24(21)11-2-3-12-24)26-16-18-6-8-19(9-7-18)17-28-13-4-5-14-28/h6-9,20-22H,2-5,10-17H2,1H3,(H2,25,26,27). The summed E-state index contributed by atoms with van der Waals surface area (Å²) in [5.74, 6) is 1.60. The molecule has 2 N–H and O–H groups in total. The number of hydrogen-bond donors (Lipinski definition) is 2. The molecule has 4 fully saturated rings. The van der Waals surface area contributed by atoms with E-state index in [2.05, 4.69) is 44.8 Å². The highest BCUT2D eigenvalue weighted by molar-refractivity contribution is 5.80. The number of benzene rings is 1. The molecule has 2 saturated heterocycles. The maximum absolute atomic E-state index is 6.12. The van der Waals surface area contributed by atoms with E-state index in [0.29, 0.717) is 23.5 Å². The Labute approximate surface area is 175 Å². The highest BCUT2D eigenvalue weighted by atomic mass is 16.5.